The van der Waals surface area contributed by atoms with Crippen LogP contribution >= 0.6 is 0 Å². The molecule has 6 nitrogen and oxygen atoms in total. The van der Waals surface area contributed by atoms with Gasteiger partial charge in [-0.25, -0.2) is 0 Å². The molecule has 1 aromatic carbocycles. The van der Waals surface area contributed by atoms with Gasteiger partial charge in [0.15, 0.2) is 5.96 Å². The number of pyridine rings is 1. The summed E-state index contributed by atoms with van der Waals surface area (Å²) in [6.07, 6.45) is 3.90. The summed E-state index contributed by atoms with van der Waals surface area (Å²) in [5.41, 5.74) is 4.57. The maximum absolute atomic E-state index is 6.13. The molecule has 1 fully saturated rings. The Bertz CT molecular complexity index is 799. The topological polar surface area (TPSA) is 67.8 Å². The molecule has 1 aliphatic heterocycles. The van der Waals surface area contributed by atoms with E-state index >= 15 is 0 Å². The predicted molar refractivity (Wildman–Crippen MR) is 116 cm³/mol. The average molecular weight is 397 g/mol. The van der Waals surface area contributed by atoms with Crippen molar-refractivity contribution in [1.82, 2.24) is 15.6 Å². The Kier molecular flexibility index (Phi) is 7.87. The second-order valence-electron chi connectivity index (χ2n) is 7.56. The van der Waals surface area contributed by atoms with E-state index in [0.717, 1.165) is 55.6 Å². The van der Waals surface area contributed by atoms with E-state index in [1.54, 1.807) is 7.05 Å². The number of benzene rings is 1. The van der Waals surface area contributed by atoms with Crippen molar-refractivity contribution in [2.75, 3.05) is 33.4 Å². The van der Waals surface area contributed by atoms with Gasteiger partial charge in [-0.05, 0) is 49.9 Å². The number of aromatic nitrogens is 1. The fraction of sp³-hybridized carbons (Fsp3) is 0.478. The van der Waals surface area contributed by atoms with Gasteiger partial charge in [0.2, 0.25) is 0 Å². The largest absolute Gasteiger partial charge is 0.493 e. The molecule has 3 rings (SSSR count). The molecule has 0 saturated carbocycles. The summed E-state index contributed by atoms with van der Waals surface area (Å²) in [6.45, 7) is 7.88. The summed E-state index contributed by atoms with van der Waals surface area (Å²) in [7, 11) is 1.79. The zero-order valence-electron chi connectivity index (χ0n) is 17.7. The van der Waals surface area contributed by atoms with Gasteiger partial charge in [-0.1, -0.05) is 18.2 Å². The molecule has 6 heteroatoms. The Labute approximate surface area is 173 Å². The Morgan fingerprint density at radius 2 is 2.14 bits per heavy atom. The van der Waals surface area contributed by atoms with Crippen LogP contribution in [0.1, 0.15) is 28.8 Å². The third-order valence-corrected chi connectivity index (χ3v) is 5.07. The average Bonchev–Trinajstić information content (AvgIpc) is 3.25. The number of aryl methyl sites for hydroxylation is 2. The Morgan fingerprint density at radius 3 is 2.86 bits per heavy atom. The summed E-state index contributed by atoms with van der Waals surface area (Å²) in [5, 5.41) is 6.75. The number of hydrogen-bond donors (Lipinski definition) is 2. The molecule has 1 atom stereocenters. The quantitative estimate of drug-likeness (QED) is 0.530. The van der Waals surface area contributed by atoms with Crippen LogP contribution in [0.2, 0.25) is 0 Å². The lowest BCUT2D eigenvalue weighted by Gasteiger charge is -2.17. The van der Waals surface area contributed by atoms with Gasteiger partial charge in [-0.3, -0.25) is 9.98 Å². The molecular formula is C23H32N4O2. The van der Waals surface area contributed by atoms with Crippen molar-refractivity contribution in [3.8, 4) is 5.75 Å². The summed E-state index contributed by atoms with van der Waals surface area (Å²) in [5.74, 6) is 2.20. The third-order valence-electron chi connectivity index (χ3n) is 5.07. The monoisotopic (exact) mass is 396 g/mol. The Hall–Kier alpha value is -2.60. The van der Waals surface area contributed by atoms with Crippen molar-refractivity contribution in [1.29, 1.82) is 0 Å². The van der Waals surface area contributed by atoms with Crippen LogP contribution in [-0.4, -0.2) is 44.4 Å². The van der Waals surface area contributed by atoms with Crippen molar-refractivity contribution in [2.45, 2.75) is 33.2 Å². The summed E-state index contributed by atoms with van der Waals surface area (Å²) < 4.78 is 11.6. The summed E-state index contributed by atoms with van der Waals surface area (Å²) in [6, 6.07) is 10.5. The van der Waals surface area contributed by atoms with Crippen molar-refractivity contribution >= 4 is 5.96 Å². The number of aliphatic imine (C=N–C) groups is 1. The van der Waals surface area contributed by atoms with Crippen molar-refractivity contribution < 1.29 is 9.47 Å². The number of guanidine groups is 1. The molecule has 0 spiro atoms. The molecule has 2 heterocycles. The minimum Gasteiger partial charge on any atom is -0.493 e. The molecule has 2 aromatic rings. The van der Waals surface area contributed by atoms with E-state index in [1.165, 1.54) is 11.1 Å². The van der Waals surface area contributed by atoms with Crippen LogP contribution in [0.5, 0.6) is 5.75 Å². The van der Waals surface area contributed by atoms with Gasteiger partial charge in [-0.15, -0.1) is 0 Å². The zero-order valence-corrected chi connectivity index (χ0v) is 17.7. The van der Waals surface area contributed by atoms with Gasteiger partial charge in [0.05, 0.1) is 13.2 Å². The van der Waals surface area contributed by atoms with E-state index in [0.29, 0.717) is 19.1 Å². The van der Waals surface area contributed by atoms with Gasteiger partial charge in [0.25, 0.3) is 0 Å². The van der Waals surface area contributed by atoms with Gasteiger partial charge >= 0.3 is 0 Å². The molecule has 1 aromatic heterocycles. The maximum Gasteiger partial charge on any atom is 0.191 e. The second kappa shape index (κ2) is 10.8. The molecule has 0 amide bonds. The van der Waals surface area contributed by atoms with Crippen molar-refractivity contribution in [2.24, 2.45) is 10.9 Å². The molecule has 1 unspecified atom stereocenters. The fourth-order valence-corrected chi connectivity index (χ4v) is 3.24. The summed E-state index contributed by atoms with van der Waals surface area (Å²) >= 11 is 0. The van der Waals surface area contributed by atoms with Gasteiger partial charge in [-0.2, -0.15) is 0 Å². The SMILES string of the molecule is CN=C(NCCc1ccc(C)nc1)NCc1ccc(C)cc1OCC1CCOC1. The third kappa shape index (κ3) is 6.75. The molecule has 2 N–H and O–H groups in total. The van der Waals surface area contributed by atoms with E-state index in [-0.39, 0.29) is 0 Å². The van der Waals surface area contributed by atoms with Crippen LogP contribution in [-0.2, 0) is 17.7 Å². The predicted octanol–water partition coefficient (Wildman–Crippen LogP) is 3.02. The molecule has 0 aliphatic carbocycles. The van der Waals surface area contributed by atoms with E-state index < -0.39 is 0 Å². The van der Waals surface area contributed by atoms with E-state index in [4.69, 9.17) is 9.47 Å². The minimum absolute atomic E-state index is 0.488. The normalized spacial score (nSPS) is 16.7. The van der Waals surface area contributed by atoms with Crippen molar-refractivity contribution in [3.05, 3.63) is 58.9 Å². The highest BCUT2D eigenvalue weighted by Crippen LogP contribution is 2.22. The van der Waals surface area contributed by atoms with Crippen molar-refractivity contribution in [3.63, 3.8) is 0 Å². The van der Waals surface area contributed by atoms with Gasteiger partial charge in [0, 0.05) is 50.1 Å². The molecule has 1 saturated heterocycles. The van der Waals surface area contributed by atoms with E-state index in [9.17, 15) is 0 Å². The van der Waals surface area contributed by atoms with Crippen LogP contribution in [0.3, 0.4) is 0 Å². The smallest absolute Gasteiger partial charge is 0.191 e. The number of hydrogen-bond acceptors (Lipinski definition) is 4. The fourth-order valence-electron chi connectivity index (χ4n) is 3.24. The van der Waals surface area contributed by atoms with Crippen LogP contribution in [0.15, 0.2) is 41.5 Å². The highest BCUT2D eigenvalue weighted by atomic mass is 16.5. The van der Waals surface area contributed by atoms with Crippen LogP contribution in [0.4, 0.5) is 0 Å². The van der Waals surface area contributed by atoms with Crippen LogP contribution in [0.25, 0.3) is 0 Å². The van der Waals surface area contributed by atoms with Gasteiger partial charge < -0.3 is 20.1 Å². The molecule has 29 heavy (non-hydrogen) atoms. The lowest BCUT2D eigenvalue weighted by molar-refractivity contribution is 0.166. The number of rotatable bonds is 8. The van der Waals surface area contributed by atoms with Gasteiger partial charge in [0.1, 0.15) is 5.75 Å². The maximum atomic E-state index is 6.13. The zero-order chi connectivity index (χ0) is 20.5. The summed E-state index contributed by atoms with van der Waals surface area (Å²) in [4.78, 5) is 8.67. The minimum atomic E-state index is 0.488. The molecule has 1 aliphatic rings. The number of nitrogens with zero attached hydrogens (tertiary/aromatic N) is 2. The lowest BCUT2D eigenvalue weighted by atomic mass is 10.1. The number of nitrogens with one attached hydrogen (secondary N) is 2. The molecule has 0 bridgehead atoms. The Morgan fingerprint density at radius 1 is 1.24 bits per heavy atom. The van der Waals surface area contributed by atoms with Crippen LogP contribution < -0.4 is 15.4 Å². The first-order valence-corrected chi connectivity index (χ1v) is 10.3. The highest BCUT2D eigenvalue weighted by molar-refractivity contribution is 5.79. The van der Waals surface area contributed by atoms with E-state index in [2.05, 4.69) is 51.8 Å². The standard InChI is InChI=1S/C23H32N4O2/c1-17-4-7-21(22(12-17)29-16-20-9-11-28-15-20)14-27-23(24-3)25-10-8-19-6-5-18(2)26-13-19/h4-7,12-13,20H,8-11,14-16H2,1-3H3,(H2,24,25,27). The first kappa shape index (κ1) is 21.1. The Balaban J connectivity index is 1.49. The molecule has 0 radical (unpaired) electrons. The lowest BCUT2D eigenvalue weighted by Crippen LogP contribution is -2.38. The van der Waals surface area contributed by atoms with Crippen LogP contribution in [0, 0.1) is 19.8 Å². The molecule has 156 valence electrons. The first-order valence-electron chi connectivity index (χ1n) is 10.3. The second-order valence-corrected chi connectivity index (χ2v) is 7.56. The van der Waals surface area contributed by atoms with E-state index in [1.807, 2.05) is 19.2 Å². The highest BCUT2D eigenvalue weighted by Gasteiger charge is 2.17. The molecular weight excluding hydrogens is 364 g/mol. The first-order chi connectivity index (χ1) is 14.1. The number of ether oxygens (including phenoxy) is 2.